The molecule has 0 radical (unpaired) electrons. The van der Waals surface area contributed by atoms with E-state index in [0.717, 1.165) is 37.8 Å². The van der Waals surface area contributed by atoms with E-state index in [2.05, 4.69) is 23.9 Å². The molecule has 0 bridgehead atoms. The lowest BCUT2D eigenvalue weighted by molar-refractivity contribution is -0.143. The molecular formula is C17H29N3O2. The van der Waals surface area contributed by atoms with Crippen molar-refractivity contribution in [3.05, 3.63) is 0 Å². The summed E-state index contributed by atoms with van der Waals surface area (Å²) in [5.41, 5.74) is 1.01. The molecule has 2 aliphatic heterocycles. The van der Waals surface area contributed by atoms with Crippen LogP contribution in [0.25, 0.3) is 0 Å². The molecule has 1 unspecified atom stereocenters. The van der Waals surface area contributed by atoms with E-state index in [1.807, 2.05) is 4.90 Å². The van der Waals surface area contributed by atoms with Crippen LogP contribution in [0.4, 0.5) is 0 Å². The van der Waals surface area contributed by atoms with Gasteiger partial charge in [0, 0.05) is 39.1 Å². The molecule has 0 aromatic heterocycles. The van der Waals surface area contributed by atoms with E-state index in [1.165, 1.54) is 32.2 Å². The molecule has 0 aromatic carbocycles. The van der Waals surface area contributed by atoms with Gasteiger partial charge in [-0.25, -0.2) is 0 Å². The zero-order chi connectivity index (χ0) is 15.5. The molecule has 1 atom stereocenters. The van der Waals surface area contributed by atoms with E-state index >= 15 is 0 Å². The fourth-order valence-electron chi connectivity index (χ4n) is 3.78. The summed E-state index contributed by atoms with van der Waals surface area (Å²) in [6.45, 7) is 9.10. The quantitative estimate of drug-likeness (QED) is 0.799. The lowest BCUT2D eigenvalue weighted by Gasteiger charge is -2.36. The molecule has 3 rings (SSSR count). The van der Waals surface area contributed by atoms with Gasteiger partial charge in [-0.05, 0) is 24.7 Å². The molecule has 1 saturated carbocycles. The van der Waals surface area contributed by atoms with E-state index in [9.17, 15) is 4.79 Å². The number of rotatable bonds is 4. The van der Waals surface area contributed by atoms with Gasteiger partial charge in [-0.3, -0.25) is 9.69 Å². The zero-order valence-corrected chi connectivity index (χ0v) is 14.0. The van der Waals surface area contributed by atoms with Crippen molar-refractivity contribution in [1.82, 2.24) is 9.80 Å². The first-order chi connectivity index (χ1) is 10.6. The monoisotopic (exact) mass is 307 g/mol. The summed E-state index contributed by atoms with van der Waals surface area (Å²) in [4.78, 5) is 22.4. The Hall–Kier alpha value is -1.10. The second-order valence-electron chi connectivity index (χ2n) is 7.31. The molecule has 2 fully saturated rings. The van der Waals surface area contributed by atoms with Gasteiger partial charge in [0.1, 0.15) is 0 Å². The number of oxime groups is 1. The third-order valence-electron chi connectivity index (χ3n) is 5.31. The second-order valence-corrected chi connectivity index (χ2v) is 7.31. The summed E-state index contributed by atoms with van der Waals surface area (Å²) in [6.07, 6.45) is 5.88. The Morgan fingerprint density at radius 3 is 2.50 bits per heavy atom. The number of carbonyl (C=O) groups is 1. The summed E-state index contributed by atoms with van der Waals surface area (Å²) < 4.78 is 0. The maximum absolute atomic E-state index is 12.5. The van der Waals surface area contributed by atoms with Crippen molar-refractivity contribution >= 4 is 11.6 Å². The second kappa shape index (κ2) is 6.99. The van der Waals surface area contributed by atoms with Crippen LogP contribution in [0.3, 0.4) is 0 Å². The first-order valence-electron chi connectivity index (χ1n) is 8.87. The molecule has 5 nitrogen and oxygen atoms in total. The van der Waals surface area contributed by atoms with Gasteiger partial charge < -0.3 is 9.74 Å². The zero-order valence-electron chi connectivity index (χ0n) is 14.0. The molecule has 0 spiro atoms. The van der Waals surface area contributed by atoms with E-state index in [0.29, 0.717) is 12.3 Å². The van der Waals surface area contributed by atoms with Crippen LogP contribution in [0.15, 0.2) is 5.16 Å². The van der Waals surface area contributed by atoms with Crippen molar-refractivity contribution in [2.75, 3.05) is 32.7 Å². The Bertz CT molecular complexity index is 422. The first kappa shape index (κ1) is 15.8. The van der Waals surface area contributed by atoms with Gasteiger partial charge in [0.25, 0.3) is 5.91 Å². The molecular weight excluding hydrogens is 278 g/mol. The van der Waals surface area contributed by atoms with Crippen molar-refractivity contribution in [3.8, 4) is 0 Å². The predicted molar refractivity (Wildman–Crippen MR) is 86.7 cm³/mol. The summed E-state index contributed by atoms with van der Waals surface area (Å²) in [6, 6.07) is 0. The highest BCUT2D eigenvalue weighted by Gasteiger charge is 2.34. The molecule has 1 aliphatic carbocycles. The van der Waals surface area contributed by atoms with Crippen LogP contribution in [0, 0.1) is 11.8 Å². The van der Waals surface area contributed by atoms with Gasteiger partial charge in [0.2, 0.25) is 6.10 Å². The highest BCUT2D eigenvalue weighted by atomic mass is 16.6. The molecule has 2 heterocycles. The van der Waals surface area contributed by atoms with E-state index in [-0.39, 0.29) is 12.0 Å². The Kier molecular flexibility index (Phi) is 5.01. The molecule has 5 heteroatoms. The number of nitrogens with zero attached hydrogens (tertiary/aromatic N) is 3. The number of hydrogen-bond acceptors (Lipinski definition) is 4. The van der Waals surface area contributed by atoms with Crippen LogP contribution in [0.2, 0.25) is 0 Å². The van der Waals surface area contributed by atoms with Crippen LogP contribution in [-0.4, -0.2) is 60.2 Å². The van der Waals surface area contributed by atoms with Crippen molar-refractivity contribution in [2.45, 2.75) is 52.1 Å². The topological polar surface area (TPSA) is 45.1 Å². The summed E-state index contributed by atoms with van der Waals surface area (Å²) in [5.74, 6) is 1.38. The van der Waals surface area contributed by atoms with Crippen LogP contribution in [0.1, 0.15) is 46.0 Å². The normalized spacial score (nSPS) is 27.3. The smallest absolute Gasteiger partial charge is 0.266 e. The maximum atomic E-state index is 12.5. The van der Waals surface area contributed by atoms with Crippen LogP contribution >= 0.6 is 0 Å². The van der Waals surface area contributed by atoms with Gasteiger partial charge >= 0.3 is 0 Å². The Balaban J connectivity index is 1.42. The molecule has 1 amide bonds. The van der Waals surface area contributed by atoms with E-state index in [1.54, 1.807) is 0 Å². The van der Waals surface area contributed by atoms with Crippen molar-refractivity contribution in [1.29, 1.82) is 0 Å². The number of piperazine rings is 1. The SMILES string of the molecule is CC(C)C1=NOC(C(=O)N2CCN(CC3CCCC3)CC2)C1. The Morgan fingerprint density at radius 2 is 1.91 bits per heavy atom. The molecule has 3 aliphatic rings. The summed E-state index contributed by atoms with van der Waals surface area (Å²) in [5, 5.41) is 4.07. The third kappa shape index (κ3) is 3.62. The van der Waals surface area contributed by atoms with Crippen LogP contribution in [0.5, 0.6) is 0 Å². The highest BCUT2D eigenvalue weighted by Crippen LogP contribution is 2.26. The van der Waals surface area contributed by atoms with Crippen molar-refractivity contribution in [3.63, 3.8) is 0 Å². The number of amides is 1. The molecule has 0 aromatic rings. The van der Waals surface area contributed by atoms with Crippen molar-refractivity contribution in [2.24, 2.45) is 17.0 Å². The average Bonchev–Trinajstić information content (AvgIpc) is 3.18. The molecule has 124 valence electrons. The average molecular weight is 307 g/mol. The number of hydrogen-bond donors (Lipinski definition) is 0. The minimum absolute atomic E-state index is 0.125. The third-order valence-corrected chi connectivity index (χ3v) is 5.31. The van der Waals surface area contributed by atoms with E-state index in [4.69, 9.17) is 4.84 Å². The maximum Gasteiger partial charge on any atom is 0.266 e. The first-order valence-corrected chi connectivity index (χ1v) is 8.87. The largest absolute Gasteiger partial charge is 0.382 e. The Morgan fingerprint density at radius 1 is 1.23 bits per heavy atom. The predicted octanol–water partition coefficient (Wildman–Crippen LogP) is 2.12. The molecule has 1 saturated heterocycles. The molecule has 22 heavy (non-hydrogen) atoms. The minimum atomic E-state index is -0.376. The van der Waals surface area contributed by atoms with Gasteiger partial charge in [-0.15, -0.1) is 0 Å². The standard InChI is InChI=1S/C17H29N3O2/c1-13(2)15-11-16(22-18-15)17(21)20-9-7-19(8-10-20)12-14-5-3-4-6-14/h13-14,16H,3-12H2,1-2H3. The lowest BCUT2D eigenvalue weighted by Crippen LogP contribution is -2.52. The van der Waals surface area contributed by atoms with Gasteiger partial charge in [0.05, 0.1) is 5.71 Å². The number of carbonyl (C=O) groups excluding carboxylic acids is 1. The minimum Gasteiger partial charge on any atom is -0.382 e. The van der Waals surface area contributed by atoms with Crippen LogP contribution in [-0.2, 0) is 9.63 Å². The van der Waals surface area contributed by atoms with Crippen molar-refractivity contribution < 1.29 is 9.63 Å². The van der Waals surface area contributed by atoms with Gasteiger partial charge in [-0.2, -0.15) is 0 Å². The summed E-state index contributed by atoms with van der Waals surface area (Å²) in [7, 11) is 0. The highest BCUT2D eigenvalue weighted by molar-refractivity contribution is 5.93. The summed E-state index contributed by atoms with van der Waals surface area (Å²) >= 11 is 0. The lowest BCUT2D eigenvalue weighted by atomic mass is 10.0. The fraction of sp³-hybridized carbons (Fsp3) is 0.882. The van der Waals surface area contributed by atoms with Crippen LogP contribution < -0.4 is 0 Å². The van der Waals surface area contributed by atoms with E-state index < -0.39 is 0 Å². The van der Waals surface area contributed by atoms with Gasteiger partial charge in [0.15, 0.2) is 0 Å². The fourth-order valence-corrected chi connectivity index (χ4v) is 3.78. The Labute approximate surface area is 133 Å². The van der Waals surface area contributed by atoms with Gasteiger partial charge in [-0.1, -0.05) is 31.8 Å². The molecule has 0 N–H and O–H groups in total.